The molecule has 0 aliphatic rings. The Morgan fingerprint density at radius 2 is 1.21 bits per heavy atom. The van der Waals surface area contributed by atoms with Gasteiger partial charge in [0.1, 0.15) is 0 Å². The van der Waals surface area contributed by atoms with Crippen LogP contribution in [0.4, 0.5) is 0 Å². The first kappa shape index (κ1) is 19.8. The third-order valence-corrected chi connectivity index (χ3v) is 6.04. The van der Waals surface area contributed by atoms with Crippen molar-refractivity contribution >= 4 is 34.2 Å². The van der Waals surface area contributed by atoms with Gasteiger partial charge in [0.25, 0.3) is 0 Å². The van der Waals surface area contributed by atoms with E-state index in [4.69, 9.17) is 28.6 Å². The average Bonchev–Trinajstić information content (AvgIpc) is 2.94. The number of benzene rings is 3. The van der Waals surface area contributed by atoms with Crippen LogP contribution in [0.1, 0.15) is 22.3 Å². The van der Waals surface area contributed by atoms with Crippen molar-refractivity contribution in [2.75, 3.05) is 0 Å². The Kier molecular flexibility index (Phi) is 5.53. The number of nitrogens with one attached hydrogen (secondary N) is 1. The topological polar surface area (TPSA) is 33.7 Å². The number of aryl methyl sites for hydroxylation is 4. The van der Waals surface area contributed by atoms with Crippen molar-refractivity contribution in [1.29, 1.82) is 5.41 Å². The lowest BCUT2D eigenvalue weighted by molar-refractivity contribution is 0.621. The molecule has 1 N–H and O–H groups in total. The van der Waals surface area contributed by atoms with Gasteiger partial charge in [-0.05, 0) is 43.5 Å². The summed E-state index contributed by atoms with van der Waals surface area (Å²) in [6.07, 6.45) is 0.848. The van der Waals surface area contributed by atoms with Gasteiger partial charge in [-0.1, -0.05) is 82.9 Å². The highest BCUT2D eigenvalue weighted by Crippen LogP contribution is 2.28. The molecule has 3 nitrogen and oxygen atoms in total. The van der Waals surface area contributed by atoms with Crippen molar-refractivity contribution in [2.45, 2.75) is 33.4 Å². The second-order valence-electron chi connectivity index (χ2n) is 7.54. The predicted octanol–water partition coefficient (Wildman–Crippen LogP) is 6.14. The first-order valence-electron chi connectivity index (χ1n) is 9.66. The lowest BCUT2D eigenvalue weighted by Gasteiger charge is -2.06. The van der Waals surface area contributed by atoms with Crippen molar-refractivity contribution in [3.63, 3.8) is 0 Å². The number of halogens is 2. The molecule has 0 saturated heterocycles. The first-order chi connectivity index (χ1) is 13.9. The van der Waals surface area contributed by atoms with Crippen LogP contribution in [-0.2, 0) is 19.5 Å². The molecular formula is C24H23Cl2N3. The molecule has 0 unspecified atom stereocenters. The van der Waals surface area contributed by atoms with Gasteiger partial charge >= 0.3 is 0 Å². The molecule has 0 spiro atoms. The molecule has 4 rings (SSSR count). The molecule has 0 saturated carbocycles. The summed E-state index contributed by atoms with van der Waals surface area (Å²) in [7, 11) is 0. The summed E-state index contributed by atoms with van der Waals surface area (Å²) in [4.78, 5) is 0. The molecule has 5 heteroatoms. The Hall–Kier alpha value is -2.49. The predicted molar refractivity (Wildman–Crippen MR) is 121 cm³/mol. The van der Waals surface area contributed by atoms with Crippen molar-refractivity contribution in [2.24, 2.45) is 0 Å². The lowest BCUT2D eigenvalue weighted by Crippen LogP contribution is -2.25. The SMILES string of the molecule is Cc1ccc(CCn2c(=N)n(Cc3ccc(C)cc3)c3cc(Cl)c(Cl)cc32)cc1. The van der Waals surface area contributed by atoms with E-state index in [0.717, 1.165) is 23.0 Å². The molecule has 0 radical (unpaired) electrons. The van der Waals surface area contributed by atoms with Gasteiger partial charge in [0.05, 0.1) is 27.6 Å². The Balaban J connectivity index is 1.75. The molecule has 29 heavy (non-hydrogen) atoms. The molecule has 148 valence electrons. The minimum Gasteiger partial charge on any atom is -0.310 e. The minimum absolute atomic E-state index is 0.450. The Labute approximate surface area is 180 Å². The average molecular weight is 424 g/mol. The zero-order valence-electron chi connectivity index (χ0n) is 16.5. The van der Waals surface area contributed by atoms with Gasteiger partial charge in [-0.15, -0.1) is 0 Å². The van der Waals surface area contributed by atoms with Crippen LogP contribution in [0.3, 0.4) is 0 Å². The summed E-state index contributed by atoms with van der Waals surface area (Å²) in [5.41, 5.74) is 7.18. The van der Waals surface area contributed by atoms with Crippen LogP contribution < -0.4 is 5.62 Å². The highest BCUT2D eigenvalue weighted by molar-refractivity contribution is 6.42. The second kappa shape index (κ2) is 8.10. The van der Waals surface area contributed by atoms with Crippen LogP contribution in [0.25, 0.3) is 11.0 Å². The van der Waals surface area contributed by atoms with E-state index in [9.17, 15) is 0 Å². The Bertz CT molecular complexity index is 1220. The zero-order chi connectivity index (χ0) is 20.5. The van der Waals surface area contributed by atoms with Gasteiger partial charge in [-0.3, -0.25) is 5.41 Å². The molecule has 0 aliphatic heterocycles. The van der Waals surface area contributed by atoms with Crippen LogP contribution >= 0.6 is 23.2 Å². The van der Waals surface area contributed by atoms with Gasteiger partial charge in [-0.2, -0.15) is 0 Å². The maximum atomic E-state index is 8.85. The number of hydrogen-bond acceptors (Lipinski definition) is 1. The largest absolute Gasteiger partial charge is 0.310 e. The maximum Gasteiger partial charge on any atom is 0.203 e. The van der Waals surface area contributed by atoms with E-state index in [1.165, 1.54) is 16.7 Å². The number of imidazole rings is 1. The number of hydrogen-bond donors (Lipinski definition) is 1. The van der Waals surface area contributed by atoms with Crippen molar-refractivity contribution in [3.05, 3.63) is 98.6 Å². The molecule has 0 bridgehead atoms. The molecule has 3 aromatic carbocycles. The summed E-state index contributed by atoms with van der Waals surface area (Å²) in [6.45, 7) is 5.48. The number of aromatic nitrogens is 2. The normalized spacial score (nSPS) is 11.3. The van der Waals surface area contributed by atoms with Gasteiger partial charge in [0.2, 0.25) is 5.62 Å². The van der Waals surface area contributed by atoms with E-state index in [-0.39, 0.29) is 0 Å². The first-order valence-corrected chi connectivity index (χ1v) is 10.4. The van der Waals surface area contributed by atoms with E-state index < -0.39 is 0 Å². The third-order valence-electron chi connectivity index (χ3n) is 5.32. The summed E-state index contributed by atoms with van der Waals surface area (Å²) in [5.74, 6) is 0. The van der Waals surface area contributed by atoms with Gasteiger partial charge in [-0.25, -0.2) is 0 Å². The van der Waals surface area contributed by atoms with Crippen LogP contribution in [-0.4, -0.2) is 9.13 Å². The maximum absolute atomic E-state index is 8.85. The van der Waals surface area contributed by atoms with E-state index in [2.05, 4.69) is 62.4 Å². The zero-order valence-corrected chi connectivity index (χ0v) is 18.1. The molecule has 0 amide bonds. The van der Waals surface area contributed by atoms with E-state index >= 15 is 0 Å². The summed E-state index contributed by atoms with van der Waals surface area (Å²) < 4.78 is 4.02. The molecule has 0 atom stereocenters. The molecule has 1 aromatic heterocycles. The van der Waals surface area contributed by atoms with Crippen LogP contribution in [0, 0.1) is 19.3 Å². The van der Waals surface area contributed by atoms with Crippen molar-refractivity contribution in [3.8, 4) is 0 Å². The fourth-order valence-corrected chi connectivity index (χ4v) is 3.91. The van der Waals surface area contributed by atoms with Crippen LogP contribution in [0.15, 0.2) is 60.7 Å². The molecule has 0 aliphatic carbocycles. The molecule has 1 heterocycles. The van der Waals surface area contributed by atoms with Gasteiger partial charge < -0.3 is 9.13 Å². The Morgan fingerprint density at radius 1 is 0.724 bits per heavy atom. The van der Waals surface area contributed by atoms with Gasteiger partial charge in [0.15, 0.2) is 0 Å². The van der Waals surface area contributed by atoms with E-state index in [0.29, 0.717) is 28.8 Å². The summed E-state index contributed by atoms with van der Waals surface area (Å²) in [6, 6.07) is 20.7. The lowest BCUT2D eigenvalue weighted by atomic mass is 10.1. The fraction of sp³-hybridized carbons (Fsp3) is 0.208. The number of fused-ring (bicyclic) bond motifs is 1. The van der Waals surface area contributed by atoms with Gasteiger partial charge in [0, 0.05) is 6.54 Å². The van der Waals surface area contributed by atoms with Crippen LogP contribution in [0.5, 0.6) is 0 Å². The van der Waals surface area contributed by atoms with Crippen molar-refractivity contribution in [1.82, 2.24) is 9.13 Å². The summed E-state index contributed by atoms with van der Waals surface area (Å²) >= 11 is 12.6. The van der Waals surface area contributed by atoms with E-state index in [1.807, 2.05) is 21.3 Å². The number of nitrogens with zero attached hydrogens (tertiary/aromatic N) is 2. The van der Waals surface area contributed by atoms with E-state index in [1.54, 1.807) is 0 Å². The summed E-state index contributed by atoms with van der Waals surface area (Å²) in [5, 5.41) is 9.86. The Morgan fingerprint density at radius 3 is 1.76 bits per heavy atom. The van der Waals surface area contributed by atoms with Crippen LogP contribution in [0.2, 0.25) is 10.0 Å². The standard InChI is InChI=1S/C24H23Cl2N3/c1-16-3-7-18(8-4-16)11-12-28-22-13-20(25)21(26)14-23(22)29(24(28)27)15-19-9-5-17(2)6-10-19/h3-10,13-14,27H,11-12,15H2,1-2H3. The highest BCUT2D eigenvalue weighted by Gasteiger charge is 2.14. The fourth-order valence-electron chi connectivity index (χ4n) is 3.59. The highest BCUT2D eigenvalue weighted by atomic mass is 35.5. The minimum atomic E-state index is 0.450. The third kappa shape index (κ3) is 4.12. The quantitative estimate of drug-likeness (QED) is 0.400. The number of rotatable bonds is 5. The second-order valence-corrected chi connectivity index (χ2v) is 8.35. The monoisotopic (exact) mass is 423 g/mol. The molecule has 4 aromatic rings. The smallest absolute Gasteiger partial charge is 0.203 e. The molecular weight excluding hydrogens is 401 g/mol. The molecule has 0 fully saturated rings. The van der Waals surface area contributed by atoms with Crippen molar-refractivity contribution < 1.29 is 0 Å².